The number of piperazine rings is 1. The Balaban J connectivity index is 1.60. The van der Waals surface area contributed by atoms with Gasteiger partial charge in [0.1, 0.15) is 5.82 Å². The summed E-state index contributed by atoms with van der Waals surface area (Å²) in [4.78, 5) is 19.8. The van der Waals surface area contributed by atoms with Gasteiger partial charge >= 0.3 is 5.97 Å². The number of nitrogens with zero attached hydrogens (tertiary/aromatic N) is 3. The quantitative estimate of drug-likeness (QED) is 0.779. The number of carboxylic acid groups (broad SMARTS) is 1. The van der Waals surface area contributed by atoms with Crippen LogP contribution in [-0.4, -0.2) is 52.3 Å². The van der Waals surface area contributed by atoms with Crippen molar-refractivity contribution in [3.8, 4) is 0 Å². The number of thiocarbonyl (C=S) groups is 1. The van der Waals surface area contributed by atoms with E-state index in [1.54, 1.807) is 12.1 Å². The third-order valence-electron chi connectivity index (χ3n) is 4.30. The smallest absolute Gasteiger partial charge is 0.337 e. The number of halogens is 1. The zero-order valence-electron chi connectivity index (χ0n) is 14.3. The first-order chi connectivity index (χ1) is 12.5. The molecule has 3 rings (SSSR count). The molecule has 8 heteroatoms. The van der Waals surface area contributed by atoms with Gasteiger partial charge in [-0.05, 0) is 49.0 Å². The monoisotopic (exact) mass is 390 g/mol. The molecule has 0 bridgehead atoms. The fraction of sp³-hybridized carbons (Fsp3) is 0.278. The number of aromatic carboxylic acids is 1. The van der Waals surface area contributed by atoms with Crippen molar-refractivity contribution in [1.82, 2.24) is 9.88 Å². The highest BCUT2D eigenvalue weighted by Gasteiger charge is 2.21. The third-order valence-corrected chi connectivity index (χ3v) is 4.97. The summed E-state index contributed by atoms with van der Waals surface area (Å²) in [5, 5.41) is 12.9. The SMILES string of the molecule is Cc1cccnc1N1CCN(C(=S)Nc2ccc(C(=O)O)c(Cl)c2)CC1. The number of benzene rings is 1. The Kier molecular flexibility index (Phi) is 5.58. The second kappa shape index (κ2) is 7.88. The van der Waals surface area contributed by atoms with Crippen LogP contribution in [0.25, 0.3) is 0 Å². The summed E-state index contributed by atoms with van der Waals surface area (Å²) >= 11 is 11.5. The Labute approximate surface area is 162 Å². The molecule has 0 radical (unpaired) electrons. The molecule has 2 N–H and O–H groups in total. The molecule has 0 unspecified atom stereocenters. The lowest BCUT2D eigenvalue weighted by atomic mass is 10.2. The van der Waals surface area contributed by atoms with Crippen molar-refractivity contribution in [3.63, 3.8) is 0 Å². The van der Waals surface area contributed by atoms with E-state index in [2.05, 4.69) is 33.1 Å². The second-order valence-corrected chi connectivity index (χ2v) is 6.84. The summed E-state index contributed by atoms with van der Waals surface area (Å²) in [6, 6.07) is 8.71. The number of rotatable bonds is 3. The minimum absolute atomic E-state index is 0.0717. The van der Waals surface area contributed by atoms with Gasteiger partial charge in [-0.2, -0.15) is 0 Å². The van der Waals surface area contributed by atoms with Crippen molar-refractivity contribution in [3.05, 3.63) is 52.7 Å². The first-order valence-electron chi connectivity index (χ1n) is 8.21. The normalized spacial score (nSPS) is 14.2. The molecule has 0 atom stereocenters. The molecular formula is C18H19ClN4O2S. The average molecular weight is 391 g/mol. The summed E-state index contributed by atoms with van der Waals surface area (Å²) in [7, 11) is 0. The number of hydrogen-bond acceptors (Lipinski definition) is 4. The van der Waals surface area contributed by atoms with Gasteiger partial charge in [-0.3, -0.25) is 0 Å². The van der Waals surface area contributed by atoms with Gasteiger partial charge in [-0.1, -0.05) is 17.7 Å². The molecule has 1 aliphatic rings. The molecule has 0 saturated carbocycles. The Morgan fingerprint density at radius 2 is 2.00 bits per heavy atom. The third kappa shape index (κ3) is 4.05. The van der Waals surface area contributed by atoms with Crippen LogP contribution in [0.3, 0.4) is 0 Å². The highest BCUT2D eigenvalue weighted by Crippen LogP contribution is 2.22. The first kappa shape index (κ1) is 18.4. The fourth-order valence-electron chi connectivity index (χ4n) is 2.90. The number of aryl methyl sites for hydroxylation is 1. The van der Waals surface area contributed by atoms with Gasteiger partial charge in [-0.25, -0.2) is 9.78 Å². The van der Waals surface area contributed by atoms with E-state index in [-0.39, 0.29) is 10.6 Å². The standard InChI is InChI=1S/C18H19ClN4O2S/c1-12-3-2-6-20-16(12)22-7-9-23(10-8-22)18(26)21-13-4-5-14(17(24)25)15(19)11-13/h2-6,11H,7-10H2,1H3,(H,21,26)(H,24,25). The van der Waals surface area contributed by atoms with Gasteiger partial charge in [0, 0.05) is 38.1 Å². The molecular weight excluding hydrogens is 372 g/mol. The van der Waals surface area contributed by atoms with E-state index >= 15 is 0 Å². The lowest BCUT2D eigenvalue weighted by molar-refractivity contribution is 0.0697. The van der Waals surface area contributed by atoms with Crippen LogP contribution in [0.2, 0.25) is 5.02 Å². The van der Waals surface area contributed by atoms with Crippen LogP contribution >= 0.6 is 23.8 Å². The van der Waals surface area contributed by atoms with E-state index in [1.165, 1.54) is 6.07 Å². The topological polar surface area (TPSA) is 68.7 Å². The van der Waals surface area contributed by atoms with Gasteiger partial charge in [0.2, 0.25) is 0 Å². The molecule has 136 valence electrons. The molecule has 0 aliphatic carbocycles. The molecule has 6 nitrogen and oxygen atoms in total. The largest absolute Gasteiger partial charge is 0.478 e. The molecule has 1 aliphatic heterocycles. The van der Waals surface area contributed by atoms with Crippen molar-refractivity contribution < 1.29 is 9.90 Å². The van der Waals surface area contributed by atoms with Crippen molar-refractivity contribution in [2.45, 2.75) is 6.92 Å². The second-order valence-electron chi connectivity index (χ2n) is 6.05. The van der Waals surface area contributed by atoms with Gasteiger partial charge in [0.05, 0.1) is 10.6 Å². The molecule has 0 amide bonds. The Hall–Kier alpha value is -2.38. The van der Waals surface area contributed by atoms with Crippen LogP contribution in [0.4, 0.5) is 11.5 Å². The minimum atomic E-state index is -1.05. The zero-order valence-corrected chi connectivity index (χ0v) is 15.8. The Morgan fingerprint density at radius 3 is 2.62 bits per heavy atom. The van der Waals surface area contributed by atoms with E-state index in [1.807, 2.05) is 12.3 Å². The molecule has 1 fully saturated rings. The summed E-state index contributed by atoms with van der Waals surface area (Å²) < 4.78 is 0. The number of anilines is 2. The van der Waals surface area contributed by atoms with Crippen LogP contribution in [0.1, 0.15) is 15.9 Å². The molecule has 1 aromatic heterocycles. The highest BCUT2D eigenvalue weighted by atomic mass is 35.5. The van der Waals surface area contributed by atoms with Crippen LogP contribution in [0.5, 0.6) is 0 Å². The van der Waals surface area contributed by atoms with Crippen LogP contribution in [0, 0.1) is 6.92 Å². The maximum Gasteiger partial charge on any atom is 0.337 e. The Morgan fingerprint density at radius 1 is 1.27 bits per heavy atom. The Bertz CT molecular complexity index is 838. The molecule has 1 saturated heterocycles. The summed E-state index contributed by atoms with van der Waals surface area (Å²) in [6.07, 6.45) is 1.81. The van der Waals surface area contributed by atoms with E-state index in [0.717, 1.165) is 37.6 Å². The van der Waals surface area contributed by atoms with E-state index in [4.69, 9.17) is 28.9 Å². The maximum absolute atomic E-state index is 11.0. The van der Waals surface area contributed by atoms with Gasteiger partial charge in [0.15, 0.2) is 5.11 Å². The van der Waals surface area contributed by atoms with Crippen LogP contribution in [0.15, 0.2) is 36.5 Å². The van der Waals surface area contributed by atoms with Crippen LogP contribution < -0.4 is 10.2 Å². The summed E-state index contributed by atoms with van der Waals surface area (Å²) in [6.45, 7) is 5.29. The number of aromatic nitrogens is 1. The van der Waals surface area contributed by atoms with E-state index < -0.39 is 5.97 Å². The number of carbonyl (C=O) groups is 1. The number of pyridine rings is 1. The highest BCUT2D eigenvalue weighted by molar-refractivity contribution is 7.80. The van der Waals surface area contributed by atoms with Gasteiger partial charge < -0.3 is 20.2 Å². The molecule has 1 aromatic carbocycles. The zero-order chi connectivity index (χ0) is 18.7. The minimum Gasteiger partial charge on any atom is -0.478 e. The summed E-state index contributed by atoms with van der Waals surface area (Å²) in [5.74, 6) is -0.0351. The lowest BCUT2D eigenvalue weighted by Crippen LogP contribution is -2.50. The van der Waals surface area contributed by atoms with Crippen molar-refractivity contribution in [1.29, 1.82) is 0 Å². The van der Waals surface area contributed by atoms with Crippen molar-refractivity contribution in [2.24, 2.45) is 0 Å². The van der Waals surface area contributed by atoms with Crippen molar-refractivity contribution in [2.75, 3.05) is 36.4 Å². The molecule has 0 spiro atoms. The van der Waals surface area contributed by atoms with Crippen molar-refractivity contribution >= 4 is 46.4 Å². The molecule has 2 heterocycles. The summed E-state index contributed by atoms with van der Waals surface area (Å²) in [5.41, 5.74) is 1.91. The van der Waals surface area contributed by atoms with E-state index in [9.17, 15) is 4.79 Å². The predicted molar refractivity (Wildman–Crippen MR) is 107 cm³/mol. The number of nitrogens with one attached hydrogen (secondary N) is 1. The van der Waals surface area contributed by atoms with E-state index in [0.29, 0.717) is 10.8 Å². The predicted octanol–water partition coefficient (Wildman–Crippen LogP) is 3.26. The maximum atomic E-state index is 11.0. The number of carboxylic acids is 1. The molecule has 2 aromatic rings. The average Bonchev–Trinajstić information content (AvgIpc) is 2.62. The van der Waals surface area contributed by atoms with Crippen LogP contribution in [-0.2, 0) is 0 Å². The lowest BCUT2D eigenvalue weighted by Gasteiger charge is -2.37. The first-order valence-corrected chi connectivity index (χ1v) is 8.99. The number of hydrogen-bond donors (Lipinski definition) is 2. The fourth-order valence-corrected chi connectivity index (χ4v) is 3.46. The molecule has 26 heavy (non-hydrogen) atoms. The van der Waals surface area contributed by atoms with Gasteiger partial charge in [0.25, 0.3) is 0 Å². The van der Waals surface area contributed by atoms with Gasteiger partial charge in [-0.15, -0.1) is 0 Å².